The molecule has 0 heterocycles. The molecule has 1 aromatic carbocycles. The molecular formula is C10H12F2O3. The fourth-order valence-electron chi connectivity index (χ4n) is 1.28. The molecule has 0 unspecified atom stereocenters. The van der Waals surface area contributed by atoms with Gasteiger partial charge in [0.25, 0.3) is 0 Å². The zero-order valence-corrected chi connectivity index (χ0v) is 8.38. The van der Waals surface area contributed by atoms with Crippen LogP contribution in [-0.4, -0.2) is 21.9 Å². The number of phenolic OH excluding ortho intramolecular Hbond substituents is 2. The minimum absolute atomic E-state index is 0.510. The van der Waals surface area contributed by atoms with E-state index in [4.69, 9.17) is 15.3 Å². The van der Waals surface area contributed by atoms with Gasteiger partial charge in [-0.15, -0.1) is 0 Å². The van der Waals surface area contributed by atoms with Crippen LogP contribution in [0.1, 0.15) is 19.4 Å². The van der Waals surface area contributed by atoms with Crippen LogP contribution in [-0.2, 0) is 5.41 Å². The predicted molar refractivity (Wildman–Crippen MR) is 49.8 cm³/mol. The maximum Gasteiger partial charge on any atom is 0.171 e. The summed E-state index contributed by atoms with van der Waals surface area (Å²) >= 11 is 0. The van der Waals surface area contributed by atoms with Crippen molar-refractivity contribution in [3.63, 3.8) is 0 Å². The van der Waals surface area contributed by atoms with Gasteiger partial charge in [0.1, 0.15) is 0 Å². The molecule has 0 aliphatic carbocycles. The number of aliphatic hydroxyl groups excluding tert-OH is 1. The number of aliphatic hydroxyl groups is 1. The van der Waals surface area contributed by atoms with Crippen molar-refractivity contribution in [2.75, 3.05) is 6.61 Å². The molecule has 0 fully saturated rings. The third kappa shape index (κ3) is 1.87. The van der Waals surface area contributed by atoms with Gasteiger partial charge < -0.3 is 15.3 Å². The second-order valence-corrected chi connectivity index (χ2v) is 3.96. The maximum absolute atomic E-state index is 13.4. The Balaban J connectivity index is 3.53. The van der Waals surface area contributed by atoms with E-state index in [0.717, 1.165) is 0 Å². The molecular weight excluding hydrogens is 206 g/mol. The molecule has 0 aliphatic rings. The van der Waals surface area contributed by atoms with Crippen LogP contribution in [0, 0.1) is 11.6 Å². The number of hydrogen-bond acceptors (Lipinski definition) is 3. The van der Waals surface area contributed by atoms with Crippen molar-refractivity contribution in [3.8, 4) is 11.5 Å². The molecule has 0 aromatic heterocycles. The number of aromatic hydroxyl groups is 2. The predicted octanol–water partition coefficient (Wildman–Crippen LogP) is 1.65. The van der Waals surface area contributed by atoms with Gasteiger partial charge in [0.2, 0.25) is 0 Å². The molecule has 0 spiro atoms. The summed E-state index contributed by atoms with van der Waals surface area (Å²) in [5.74, 6) is -4.01. The van der Waals surface area contributed by atoms with Crippen molar-refractivity contribution in [2.24, 2.45) is 0 Å². The number of rotatable bonds is 2. The summed E-state index contributed by atoms with van der Waals surface area (Å²) in [7, 11) is 0. The molecule has 0 bridgehead atoms. The molecule has 0 atom stereocenters. The summed E-state index contributed by atoms with van der Waals surface area (Å²) in [6.07, 6.45) is 0. The largest absolute Gasteiger partial charge is 0.505 e. The molecule has 1 aromatic rings. The second-order valence-electron chi connectivity index (χ2n) is 3.96. The van der Waals surface area contributed by atoms with Crippen molar-refractivity contribution in [3.05, 3.63) is 23.3 Å². The molecule has 84 valence electrons. The van der Waals surface area contributed by atoms with E-state index in [1.165, 1.54) is 13.8 Å². The van der Waals surface area contributed by atoms with Crippen molar-refractivity contribution < 1.29 is 24.1 Å². The van der Waals surface area contributed by atoms with Gasteiger partial charge in [0.05, 0.1) is 6.61 Å². The van der Waals surface area contributed by atoms with E-state index in [0.29, 0.717) is 6.07 Å². The molecule has 1 rings (SSSR count). The van der Waals surface area contributed by atoms with E-state index in [-0.39, 0.29) is 0 Å². The van der Waals surface area contributed by atoms with Crippen LogP contribution in [0.5, 0.6) is 11.5 Å². The smallest absolute Gasteiger partial charge is 0.171 e. The van der Waals surface area contributed by atoms with Crippen molar-refractivity contribution in [1.82, 2.24) is 0 Å². The van der Waals surface area contributed by atoms with Crippen LogP contribution in [0.15, 0.2) is 6.07 Å². The first-order valence-corrected chi connectivity index (χ1v) is 4.32. The zero-order chi connectivity index (χ0) is 11.8. The van der Waals surface area contributed by atoms with E-state index in [1.54, 1.807) is 0 Å². The SMILES string of the molecule is CC(C)(CO)c1c(F)c(O)cc(O)c1F. The Morgan fingerprint density at radius 2 is 1.53 bits per heavy atom. The lowest BCUT2D eigenvalue weighted by molar-refractivity contribution is 0.208. The van der Waals surface area contributed by atoms with Crippen LogP contribution >= 0.6 is 0 Å². The number of hydrogen-bond donors (Lipinski definition) is 3. The third-order valence-corrected chi connectivity index (χ3v) is 2.23. The minimum atomic E-state index is -1.22. The minimum Gasteiger partial charge on any atom is -0.505 e. The van der Waals surface area contributed by atoms with E-state index < -0.39 is 40.7 Å². The van der Waals surface area contributed by atoms with E-state index >= 15 is 0 Å². The van der Waals surface area contributed by atoms with Gasteiger partial charge in [-0.2, -0.15) is 0 Å². The maximum atomic E-state index is 13.4. The van der Waals surface area contributed by atoms with Gasteiger partial charge in [0, 0.05) is 17.0 Å². The van der Waals surface area contributed by atoms with Gasteiger partial charge in [-0.3, -0.25) is 0 Å². The molecule has 3 nitrogen and oxygen atoms in total. The molecule has 0 saturated carbocycles. The zero-order valence-electron chi connectivity index (χ0n) is 8.38. The van der Waals surface area contributed by atoms with Crippen LogP contribution < -0.4 is 0 Å². The molecule has 3 N–H and O–H groups in total. The Hall–Kier alpha value is -1.36. The Bertz CT molecular complexity index is 362. The standard InChI is InChI=1S/C10H12F2O3/c1-10(2,4-13)7-8(11)5(14)3-6(15)9(7)12/h3,13-15H,4H2,1-2H3. The molecule has 0 amide bonds. The average molecular weight is 218 g/mol. The van der Waals surface area contributed by atoms with E-state index in [9.17, 15) is 8.78 Å². The normalized spacial score (nSPS) is 11.8. The van der Waals surface area contributed by atoms with Crippen molar-refractivity contribution in [2.45, 2.75) is 19.3 Å². The molecule has 0 radical (unpaired) electrons. The molecule has 0 saturated heterocycles. The average Bonchev–Trinajstić information content (AvgIpc) is 2.15. The van der Waals surface area contributed by atoms with Crippen LogP contribution in [0.2, 0.25) is 0 Å². The first-order chi connectivity index (χ1) is 6.81. The summed E-state index contributed by atoms with van der Waals surface area (Å²) in [6, 6.07) is 0.585. The summed E-state index contributed by atoms with van der Waals surface area (Å²) < 4.78 is 26.8. The highest BCUT2D eigenvalue weighted by atomic mass is 19.1. The number of benzene rings is 1. The Morgan fingerprint density at radius 1 is 1.13 bits per heavy atom. The van der Waals surface area contributed by atoms with Crippen LogP contribution in [0.3, 0.4) is 0 Å². The van der Waals surface area contributed by atoms with Gasteiger partial charge in [0.15, 0.2) is 23.1 Å². The number of halogens is 2. The van der Waals surface area contributed by atoms with Gasteiger partial charge in [-0.25, -0.2) is 8.78 Å². The lowest BCUT2D eigenvalue weighted by atomic mass is 9.84. The molecule has 5 heteroatoms. The molecule has 15 heavy (non-hydrogen) atoms. The first kappa shape index (κ1) is 11.7. The highest BCUT2D eigenvalue weighted by Crippen LogP contribution is 2.36. The first-order valence-electron chi connectivity index (χ1n) is 4.32. The fourth-order valence-corrected chi connectivity index (χ4v) is 1.28. The Kier molecular flexibility index (Phi) is 2.86. The lowest BCUT2D eigenvalue weighted by Gasteiger charge is -2.24. The Morgan fingerprint density at radius 3 is 1.87 bits per heavy atom. The van der Waals surface area contributed by atoms with Gasteiger partial charge in [-0.05, 0) is 0 Å². The lowest BCUT2D eigenvalue weighted by Crippen LogP contribution is -2.25. The van der Waals surface area contributed by atoms with Gasteiger partial charge >= 0.3 is 0 Å². The van der Waals surface area contributed by atoms with Crippen LogP contribution in [0.4, 0.5) is 8.78 Å². The van der Waals surface area contributed by atoms with Crippen molar-refractivity contribution >= 4 is 0 Å². The number of phenols is 2. The van der Waals surface area contributed by atoms with E-state index in [1.807, 2.05) is 0 Å². The highest BCUT2D eigenvalue weighted by molar-refractivity contribution is 5.43. The topological polar surface area (TPSA) is 60.7 Å². The quantitative estimate of drug-likeness (QED) is 0.707. The second kappa shape index (κ2) is 3.66. The third-order valence-electron chi connectivity index (χ3n) is 2.23. The fraction of sp³-hybridized carbons (Fsp3) is 0.400. The summed E-state index contributed by atoms with van der Waals surface area (Å²) in [5, 5.41) is 27.1. The summed E-state index contributed by atoms with van der Waals surface area (Å²) in [5.41, 5.74) is -1.74. The monoisotopic (exact) mass is 218 g/mol. The Labute approximate surface area is 85.6 Å². The summed E-state index contributed by atoms with van der Waals surface area (Å²) in [4.78, 5) is 0. The van der Waals surface area contributed by atoms with Crippen molar-refractivity contribution in [1.29, 1.82) is 0 Å². The molecule has 0 aliphatic heterocycles. The highest BCUT2D eigenvalue weighted by Gasteiger charge is 2.31. The van der Waals surface area contributed by atoms with Crippen LogP contribution in [0.25, 0.3) is 0 Å². The van der Waals surface area contributed by atoms with Gasteiger partial charge in [-0.1, -0.05) is 13.8 Å². The summed E-state index contributed by atoms with van der Waals surface area (Å²) in [6.45, 7) is 2.28. The van der Waals surface area contributed by atoms with E-state index in [2.05, 4.69) is 0 Å².